The average Bonchev–Trinajstić information content (AvgIpc) is 3.07. The molecule has 8 heteroatoms. The van der Waals surface area contributed by atoms with Crippen molar-refractivity contribution in [1.29, 1.82) is 0 Å². The Morgan fingerprint density at radius 2 is 2.12 bits per heavy atom. The lowest BCUT2D eigenvalue weighted by atomic mass is 10.1. The largest absolute Gasteiger partial charge is 0.435 e. The van der Waals surface area contributed by atoms with Crippen molar-refractivity contribution in [3.63, 3.8) is 0 Å². The van der Waals surface area contributed by atoms with E-state index in [-0.39, 0.29) is 12.3 Å². The van der Waals surface area contributed by atoms with Gasteiger partial charge in [-0.05, 0) is 44.7 Å². The molecule has 0 aromatic carbocycles. The van der Waals surface area contributed by atoms with Crippen LogP contribution in [0, 0.1) is 0 Å². The van der Waals surface area contributed by atoms with Crippen LogP contribution in [0.15, 0.2) is 12.3 Å². The number of aromatic nitrogens is 2. The van der Waals surface area contributed by atoms with Crippen LogP contribution in [-0.2, 0) is 15.7 Å². The molecule has 0 radical (unpaired) electrons. The first-order chi connectivity index (χ1) is 11.5. The van der Waals surface area contributed by atoms with Crippen LogP contribution >= 0.6 is 0 Å². The van der Waals surface area contributed by atoms with E-state index in [1.165, 1.54) is 10.9 Å². The summed E-state index contributed by atoms with van der Waals surface area (Å²) in [5, 5.41) is 3.71. The summed E-state index contributed by atoms with van der Waals surface area (Å²) in [4.78, 5) is 2.23. The van der Waals surface area contributed by atoms with E-state index in [9.17, 15) is 13.2 Å². The third kappa shape index (κ3) is 4.70. The molecule has 0 amide bonds. The second-order valence-corrected chi connectivity index (χ2v) is 6.44. The molecular weight excluding hydrogens is 323 g/mol. The predicted octanol–water partition coefficient (Wildman–Crippen LogP) is 3.08. The highest BCUT2D eigenvalue weighted by molar-refractivity contribution is 5.04. The number of rotatable bonds is 5. The molecule has 2 aliphatic rings. The third-order valence-corrected chi connectivity index (χ3v) is 4.60. The van der Waals surface area contributed by atoms with Gasteiger partial charge in [0.2, 0.25) is 0 Å². The topological polar surface area (TPSA) is 39.5 Å². The smallest absolute Gasteiger partial charge is 0.353 e. The lowest BCUT2D eigenvalue weighted by Crippen LogP contribution is -2.39. The number of likely N-dealkylation sites (tertiary alicyclic amines) is 1. The van der Waals surface area contributed by atoms with E-state index in [0.717, 1.165) is 57.9 Å². The average molecular weight is 347 g/mol. The molecule has 136 valence electrons. The highest BCUT2D eigenvalue weighted by atomic mass is 19.4. The van der Waals surface area contributed by atoms with Gasteiger partial charge in [0.05, 0.1) is 12.6 Å². The second-order valence-electron chi connectivity index (χ2n) is 6.44. The van der Waals surface area contributed by atoms with Gasteiger partial charge in [-0.1, -0.05) is 0 Å². The Bertz CT molecular complexity index is 515. The molecule has 2 atom stereocenters. The summed E-state index contributed by atoms with van der Waals surface area (Å²) >= 11 is 0. The van der Waals surface area contributed by atoms with Crippen molar-refractivity contribution in [2.45, 2.75) is 50.6 Å². The highest BCUT2D eigenvalue weighted by Crippen LogP contribution is 2.29. The zero-order valence-electron chi connectivity index (χ0n) is 13.7. The van der Waals surface area contributed by atoms with Gasteiger partial charge in [-0.15, -0.1) is 0 Å². The molecule has 0 saturated carbocycles. The standard InChI is InChI=1S/C16H24F3N3O2/c17-16(18,19)14-6-8-22(20-14)13-4-3-7-21(12-13)9-11-24-15-5-1-2-10-23-15/h6,8,13,15H,1-5,7,9-12H2/t13-,15+/m0/s1. The maximum Gasteiger partial charge on any atom is 0.435 e. The molecular formula is C16H24F3N3O2. The zero-order chi connectivity index (χ0) is 17.0. The fourth-order valence-electron chi connectivity index (χ4n) is 3.30. The number of alkyl halides is 3. The van der Waals surface area contributed by atoms with Crippen molar-refractivity contribution in [3.8, 4) is 0 Å². The van der Waals surface area contributed by atoms with Crippen LogP contribution in [0.1, 0.15) is 43.8 Å². The minimum Gasteiger partial charge on any atom is -0.353 e. The van der Waals surface area contributed by atoms with Gasteiger partial charge in [-0.2, -0.15) is 18.3 Å². The van der Waals surface area contributed by atoms with Gasteiger partial charge in [0.1, 0.15) is 0 Å². The van der Waals surface area contributed by atoms with Gasteiger partial charge in [0, 0.05) is 25.9 Å². The van der Waals surface area contributed by atoms with Crippen molar-refractivity contribution < 1.29 is 22.6 Å². The Labute approximate surface area is 139 Å². The summed E-state index contributed by atoms with van der Waals surface area (Å²) in [5.74, 6) is 0. The molecule has 1 aromatic rings. The Balaban J connectivity index is 1.46. The molecule has 3 heterocycles. The molecule has 2 fully saturated rings. The van der Waals surface area contributed by atoms with E-state index in [4.69, 9.17) is 9.47 Å². The third-order valence-electron chi connectivity index (χ3n) is 4.60. The van der Waals surface area contributed by atoms with E-state index in [1.807, 2.05) is 0 Å². The Morgan fingerprint density at radius 1 is 1.25 bits per heavy atom. The fourth-order valence-corrected chi connectivity index (χ4v) is 3.30. The monoisotopic (exact) mass is 347 g/mol. The van der Waals surface area contributed by atoms with Crippen molar-refractivity contribution in [2.75, 3.05) is 32.8 Å². The molecule has 24 heavy (non-hydrogen) atoms. The van der Waals surface area contributed by atoms with Gasteiger partial charge in [-0.25, -0.2) is 0 Å². The molecule has 0 N–H and O–H groups in total. The summed E-state index contributed by atoms with van der Waals surface area (Å²) in [7, 11) is 0. The van der Waals surface area contributed by atoms with Gasteiger partial charge < -0.3 is 9.47 Å². The number of hydrogen-bond donors (Lipinski definition) is 0. The van der Waals surface area contributed by atoms with E-state index in [1.54, 1.807) is 0 Å². The van der Waals surface area contributed by atoms with Gasteiger partial charge in [0.25, 0.3) is 0 Å². The minimum absolute atomic E-state index is 0.0132. The predicted molar refractivity (Wildman–Crippen MR) is 81.5 cm³/mol. The fraction of sp³-hybridized carbons (Fsp3) is 0.812. The lowest BCUT2D eigenvalue weighted by molar-refractivity contribution is -0.164. The molecule has 0 bridgehead atoms. The van der Waals surface area contributed by atoms with Gasteiger partial charge in [0.15, 0.2) is 12.0 Å². The maximum absolute atomic E-state index is 12.7. The summed E-state index contributed by atoms with van der Waals surface area (Å²) in [5.41, 5.74) is -0.822. The van der Waals surface area contributed by atoms with Gasteiger partial charge >= 0.3 is 6.18 Å². The summed E-state index contributed by atoms with van der Waals surface area (Å²) in [6, 6.07) is 1.03. The number of nitrogens with zero attached hydrogens (tertiary/aromatic N) is 3. The highest BCUT2D eigenvalue weighted by Gasteiger charge is 2.34. The quantitative estimate of drug-likeness (QED) is 0.821. The molecule has 1 aromatic heterocycles. The van der Waals surface area contributed by atoms with E-state index in [0.29, 0.717) is 13.2 Å². The first kappa shape index (κ1) is 17.7. The molecule has 0 aliphatic carbocycles. The van der Waals surface area contributed by atoms with Crippen LogP contribution in [0.25, 0.3) is 0 Å². The van der Waals surface area contributed by atoms with Crippen LogP contribution in [0.4, 0.5) is 13.2 Å². The number of hydrogen-bond acceptors (Lipinski definition) is 4. The van der Waals surface area contributed by atoms with Crippen LogP contribution in [0.5, 0.6) is 0 Å². The van der Waals surface area contributed by atoms with E-state index < -0.39 is 11.9 Å². The SMILES string of the molecule is FC(F)(F)c1ccn([C@H]2CCCN(CCO[C@@H]3CCCCO3)C2)n1. The van der Waals surface area contributed by atoms with Crippen LogP contribution in [0.2, 0.25) is 0 Å². The Morgan fingerprint density at radius 3 is 2.83 bits per heavy atom. The summed E-state index contributed by atoms with van der Waals surface area (Å²) < 4.78 is 50.8. The van der Waals surface area contributed by atoms with Crippen molar-refractivity contribution in [3.05, 3.63) is 18.0 Å². The second kappa shape index (κ2) is 7.84. The lowest BCUT2D eigenvalue weighted by Gasteiger charge is -2.33. The van der Waals surface area contributed by atoms with Crippen LogP contribution in [0.3, 0.4) is 0 Å². The first-order valence-corrected chi connectivity index (χ1v) is 8.60. The molecule has 3 rings (SSSR count). The first-order valence-electron chi connectivity index (χ1n) is 8.60. The summed E-state index contributed by atoms with van der Waals surface area (Å²) in [6.45, 7) is 3.76. The summed E-state index contributed by atoms with van der Waals surface area (Å²) in [6.07, 6.45) is 1.93. The molecule has 2 aliphatic heterocycles. The van der Waals surface area contributed by atoms with E-state index >= 15 is 0 Å². The van der Waals surface area contributed by atoms with E-state index in [2.05, 4.69) is 10.00 Å². The number of ether oxygens (including phenoxy) is 2. The van der Waals surface area contributed by atoms with Gasteiger partial charge in [-0.3, -0.25) is 9.58 Å². The van der Waals surface area contributed by atoms with Crippen LogP contribution in [-0.4, -0.2) is 53.8 Å². The molecule has 0 unspecified atom stereocenters. The minimum atomic E-state index is -4.38. The molecule has 2 saturated heterocycles. The maximum atomic E-state index is 12.7. The normalized spacial score (nSPS) is 26.6. The van der Waals surface area contributed by atoms with Crippen molar-refractivity contribution in [1.82, 2.24) is 14.7 Å². The Hall–Kier alpha value is -1.12. The molecule has 5 nitrogen and oxygen atoms in total. The zero-order valence-corrected chi connectivity index (χ0v) is 13.7. The van der Waals surface area contributed by atoms with Crippen LogP contribution < -0.4 is 0 Å². The molecule has 0 spiro atoms. The Kier molecular flexibility index (Phi) is 5.78. The number of halogens is 3. The van der Waals surface area contributed by atoms with Crippen molar-refractivity contribution in [2.24, 2.45) is 0 Å². The number of piperidine rings is 1. The van der Waals surface area contributed by atoms with Crippen molar-refractivity contribution >= 4 is 0 Å².